The maximum Gasteiger partial charge on any atom is 0.133 e. The minimum absolute atomic E-state index is 0.225. The fraction of sp³-hybridized carbons (Fsp3) is 0.846. The highest BCUT2D eigenvalue weighted by atomic mass is 16.1. The van der Waals surface area contributed by atoms with Gasteiger partial charge in [0.05, 0.1) is 11.5 Å². The first-order valence-corrected chi connectivity index (χ1v) is 6.09. The number of rotatable bonds is 4. The van der Waals surface area contributed by atoms with E-state index in [1.54, 1.807) is 6.92 Å². The molecule has 1 aliphatic heterocycles. The van der Waals surface area contributed by atoms with E-state index in [-0.39, 0.29) is 11.3 Å². The number of nitrogens with zero attached hydrogens (tertiary/aromatic N) is 2. The number of carbonyl (C=O) groups is 1. The molecule has 90 valence electrons. The normalized spacial score (nSPS) is 19.4. The summed E-state index contributed by atoms with van der Waals surface area (Å²) in [6, 6.07) is 2.33. The van der Waals surface area contributed by atoms with Gasteiger partial charge in [-0.15, -0.1) is 0 Å². The molecule has 0 atom stereocenters. The largest absolute Gasteiger partial charge is 0.303 e. The summed E-state index contributed by atoms with van der Waals surface area (Å²) in [4.78, 5) is 13.6. The van der Waals surface area contributed by atoms with Gasteiger partial charge < -0.3 is 4.90 Å². The summed E-state index contributed by atoms with van der Waals surface area (Å²) in [5, 5.41) is 8.93. The number of nitriles is 1. The van der Waals surface area contributed by atoms with E-state index in [0.29, 0.717) is 5.78 Å². The van der Waals surface area contributed by atoms with Crippen LogP contribution in [0, 0.1) is 22.7 Å². The van der Waals surface area contributed by atoms with Crippen LogP contribution in [-0.4, -0.2) is 30.3 Å². The molecule has 1 aliphatic rings. The Balaban J connectivity index is 2.28. The maximum absolute atomic E-state index is 11.2. The van der Waals surface area contributed by atoms with Gasteiger partial charge in [0.1, 0.15) is 5.78 Å². The van der Waals surface area contributed by atoms with Crippen LogP contribution in [-0.2, 0) is 4.79 Å². The summed E-state index contributed by atoms with van der Waals surface area (Å²) in [6.45, 7) is 8.65. The molecule has 1 rings (SSSR count). The lowest BCUT2D eigenvalue weighted by Crippen LogP contribution is -2.37. The smallest absolute Gasteiger partial charge is 0.133 e. The van der Waals surface area contributed by atoms with Crippen molar-refractivity contribution >= 4 is 5.78 Å². The molecule has 0 aromatic rings. The second kappa shape index (κ2) is 5.45. The number of hydrogen-bond donors (Lipinski definition) is 0. The Labute approximate surface area is 98.4 Å². The van der Waals surface area contributed by atoms with Gasteiger partial charge in [-0.25, -0.2) is 0 Å². The van der Waals surface area contributed by atoms with E-state index in [1.165, 1.54) is 0 Å². The van der Waals surface area contributed by atoms with E-state index >= 15 is 0 Å². The van der Waals surface area contributed by atoms with Gasteiger partial charge in [0.25, 0.3) is 0 Å². The fourth-order valence-electron chi connectivity index (χ4n) is 2.06. The fourth-order valence-corrected chi connectivity index (χ4v) is 2.06. The van der Waals surface area contributed by atoms with Crippen LogP contribution in [0.3, 0.4) is 0 Å². The molecule has 0 aromatic heterocycles. The second-order valence-electron chi connectivity index (χ2n) is 5.47. The SMILES string of the molecule is CC(=O)C1CCN(CCC(C)(C)C#N)CC1. The zero-order valence-electron chi connectivity index (χ0n) is 10.6. The van der Waals surface area contributed by atoms with Crippen LogP contribution in [0.4, 0.5) is 0 Å². The molecule has 0 unspecified atom stereocenters. The van der Waals surface area contributed by atoms with Crippen LogP contribution < -0.4 is 0 Å². The molecule has 0 amide bonds. The molecule has 16 heavy (non-hydrogen) atoms. The standard InChI is InChI=1S/C13H22N2O/c1-11(16)12-4-7-15(8-5-12)9-6-13(2,3)10-14/h12H,4-9H2,1-3H3. The topological polar surface area (TPSA) is 44.1 Å². The Hall–Kier alpha value is -0.880. The van der Waals surface area contributed by atoms with Gasteiger partial charge in [-0.3, -0.25) is 4.79 Å². The highest BCUT2D eigenvalue weighted by molar-refractivity contribution is 5.78. The average Bonchev–Trinajstić information content (AvgIpc) is 2.27. The van der Waals surface area contributed by atoms with Gasteiger partial charge in [0.15, 0.2) is 0 Å². The zero-order valence-corrected chi connectivity index (χ0v) is 10.6. The Morgan fingerprint density at radius 3 is 2.44 bits per heavy atom. The molecule has 1 fully saturated rings. The van der Waals surface area contributed by atoms with E-state index in [1.807, 2.05) is 13.8 Å². The van der Waals surface area contributed by atoms with Crippen LogP contribution >= 0.6 is 0 Å². The summed E-state index contributed by atoms with van der Waals surface area (Å²) >= 11 is 0. The van der Waals surface area contributed by atoms with Crippen LogP contribution in [0.1, 0.15) is 40.0 Å². The van der Waals surface area contributed by atoms with Gasteiger partial charge in [-0.05, 0) is 59.7 Å². The molecule has 1 heterocycles. The van der Waals surface area contributed by atoms with Crippen molar-refractivity contribution in [3.63, 3.8) is 0 Å². The van der Waals surface area contributed by atoms with E-state index in [4.69, 9.17) is 5.26 Å². The van der Waals surface area contributed by atoms with Gasteiger partial charge in [0, 0.05) is 5.92 Å². The molecule has 0 saturated carbocycles. The molecule has 0 bridgehead atoms. The molecule has 0 N–H and O–H groups in total. The summed E-state index contributed by atoms with van der Waals surface area (Å²) in [7, 11) is 0. The lowest BCUT2D eigenvalue weighted by Gasteiger charge is -2.32. The van der Waals surface area contributed by atoms with Crippen LogP contribution in [0.15, 0.2) is 0 Å². The molecule has 0 aromatic carbocycles. The predicted molar refractivity (Wildman–Crippen MR) is 63.9 cm³/mol. The number of ketones is 1. The van der Waals surface area contributed by atoms with Gasteiger partial charge in [-0.2, -0.15) is 5.26 Å². The summed E-state index contributed by atoms with van der Waals surface area (Å²) in [5.41, 5.74) is -0.225. The first kappa shape index (κ1) is 13.2. The molecule has 1 saturated heterocycles. The first-order chi connectivity index (χ1) is 7.44. The Bertz CT molecular complexity index is 283. The molecule has 3 heteroatoms. The zero-order chi connectivity index (χ0) is 12.2. The summed E-state index contributed by atoms with van der Waals surface area (Å²) < 4.78 is 0. The molecular weight excluding hydrogens is 200 g/mol. The average molecular weight is 222 g/mol. The molecule has 0 aliphatic carbocycles. The quantitative estimate of drug-likeness (QED) is 0.732. The monoisotopic (exact) mass is 222 g/mol. The number of Topliss-reactive ketones (excluding diaryl/α,β-unsaturated/α-hetero) is 1. The van der Waals surface area contributed by atoms with Crippen molar-refractivity contribution in [2.45, 2.75) is 40.0 Å². The Morgan fingerprint density at radius 2 is 2.00 bits per heavy atom. The maximum atomic E-state index is 11.2. The number of hydrogen-bond acceptors (Lipinski definition) is 3. The third-order valence-electron chi connectivity index (χ3n) is 3.52. The minimum atomic E-state index is -0.225. The Kier molecular flexibility index (Phi) is 4.49. The number of piperidine rings is 1. The van der Waals surface area contributed by atoms with Crippen molar-refractivity contribution in [2.24, 2.45) is 11.3 Å². The van der Waals surface area contributed by atoms with Crippen molar-refractivity contribution in [1.82, 2.24) is 4.90 Å². The second-order valence-corrected chi connectivity index (χ2v) is 5.47. The summed E-state index contributed by atoms with van der Waals surface area (Å²) in [5.74, 6) is 0.609. The van der Waals surface area contributed by atoms with Crippen LogP contribution in [0.25, 0.3) is 0 Å². The lowest BCUT2D eigenvalue weighted by atomic mass is 9.89. The van der Waals surface area contributed by atoms with Crippen molar-refractivity contribution in [1.29, 1.82) is 5.26 Å². The molecule has 3 nitrogen and oxygen atoms in total. The molecule has 0 spiro atoms. The van der Waals surface area contributed by atoms with Crippen LogP contribution in [0.2, 0.25) is 0 Å². The van der Waals surface area contributed by atoms with E-state index < -0.39 is 0 Å². The van der Waals surface area contributed by atoms with Gasteiger partial charge in [-0.1, -0.05) is 0 Å². The predicted octanol–water partition coefficient (Wildman–Crippen LogP) is 2.23. The van der Waals surface area contributed by atoms with E-state index in [9.17, 15) is 4.79 Å². The van der Waals surface area contributed by atoms with Crippen molar-refractivity contribution < 1.29 is 4.79 Å². The first-order valence-electron chi connectivity index (χ1n) is 6.09. The highest BCUT2D eigenvalue weighted by Crippen LogP contribution is 2.22. The van der Waals surface area contributed by atoms with Crippen LogP contribution in [0.5, 0.6) is 0 Å². The van der Waals surface area contributed by atoms with Crippen molar-refractivity contribution in [3.8, 4) is 6.07 Å². The van der Waals surface area contributed by atoms with Gasteiger partial charge >= 0.3 is 0 Å². The minimum Gasteiger partial charge on any atom is -0.303 e. The van der Waals surface area contributed by atoms with Crippen molar-refractivity contribution in [3.05, 3.63) is 0 Å². The number of likely N-dealkylation sites (tertiary alicyclic amines) is 1. The molecular formula is C13H22N2O. The van der Waals surface area contributed by atoms with E-state index in [2.05, 4.69) is 11.0 Å². The van der Waals surface area contributed by atoms with E-state index in [0.717, 1.165) is 38.9 Å². The highest BCUT2D eigenvalue weighted by Gasteiger charge is 2.24. The lowest BCUT2D eigenvalue weighted by molar-refractivity contribution is -0.122. The molecule has 0 radical (unpaired) electrons. The Morgan fingerprint density at radius 1 is 1.44 bits per heavy atom. The third-order valence-corrected chi connectivity index (χ3v) is 3.52. The third kappa shape index (κ3) is 3.94. The van der Waals surface area contributed by atoms with Gasteiger partial charge in [0.2, 0.25) is 0 Å². The summed E-state index contributed by atoms with van der Waals surface area (Å²) in [6.07, 6.45) is 2.89. The van der Waals surface area contributed by atoms with Crippen molar-refractivity contribution in [2.75, 3.05) is 19.6 Å². The number of carbonyl (C=O) groups excluding carboxylic acids is 1.